The maximum Gasteiger partial charge on any atom is 0.344 e. The summed E-state index contributed by atoms with van der Waals surface area (Å²) in [6.45, 7) is 1.51. The predicted molar refractivity (Wildman–Crippen MR) is 74.7 cm³/mol. The first kappa shape index (κ1) is 16.5. The Labute approximate surface area is 122 Å². The van der Waals surface area contributed by atoms with Gasteiger partial charge in [-0.3, -0.25) is 10.1 Å². The molecule has 1 aromatic rings. The van der Waals surface area contributed by atoms with Crippen molar-refractivity contribution in [2.75, 3.05) is 19.8 Å². The minimum absolute atomic E-state index is 0.306. The van der Waals surface area contributed by atoms with E-state index in [4.69, 9.17) is 4.74 Å². The number of benzene rings is 1. The molecule has 0 radical (unpaired) electrons. The predicted octanol–water partition coefficient (Wildman–Crippen LogP) is 0.844. The molecule has 1 rings (SSSR count). The molecule has 0 aromatic heterocycles. The van der Waals surface area contributed by atoms with Crippen molar-refractivity contribution < 1.29 is 23.9 Å². The Morgan fingerprint density at radius 2 is 1.81 bits per heavy atom. The number of ether oxygens (including phenoxy) is 2. The highest BCUT2D eigenvalue weighted by Gasteiger charge is 2.10. The minimum Gasteiger partial charge on any atom is -0.482 e. The van der Waals surface area contributed by atoms with E-state index in [0.717, 1.165) is 6.42 Å². The molecule has 0 saturated heterocycles. The highest BCUT2D eigenvalue weighted by atomic mass is 16.6. The number of carbonyl (C=O) groups excluding carboxylic acids is 3. The van der Waals surface area contributed by atoms with Gasteiger partial charge in [-0.1, -0.05) is 25.1 Å². The van der Waals surface area contributed by atoms with Gasteiger partial charge in [-0.15, -0.1) is 0 Å². The number of imide groups is 1. The Bertz CT molecular complexity index is 476. The highest BCUT2D eigenvalue weighted by Crippen LogP contribution is 2.07. The van der Waals surface area contributed by atoms with E-state index in [2.05, 4.69) is 10.1 Å². The Morgan fingerprint density at radius 1 is 1.10 bits per heavy atom. The van der Waals surface area contributed by atoms with Crippen LogP contribution in [0.2, 0.25) is 0 Å². The van der Waals surface area contributed by atoms with Gasteiger partial charge in [0.15, 0.2) is 13.2 Å². The highest BCUT2D eigenvalue weighted by molar-refractivity contribution is 5.95. The molecule has 0 aliphatic heterocycles. The molecule has 0 saturated carbocycles. The largest absolute Gasteiger partial charge is 0.482 e. The average molecular weight is 294 g/mol. The molecule has 114 valence electrons. The van der Waals surface area contributed by atoms with Crippen molar-refractivity contribution in [3.63, 3.8) is 0 Å². The zero-order valence-electron chi connectivity index (χ0n) is 11.8. The second kappa shape index (κ2) is 9.35. The molecule has 7 nitrogen and oxygen atoms in total. The van der Waals surface area contributed by atoms with Crippen LogP contribution in [0, 0.1) is 0 Å². The summed E-state index contributed by atoms with van der Waals surface area (Å²) in [6, 6.07) is 8.12. The quantitative estimate of drug-likeness (QED) is 0.727. The molecule has 1 aromatic carbocycles. The summed E-state index contributed by atoms with van der Waals surface area (Å²) in [5.41, 5.74) is 0. The molecule has 0 heterocycles. The Morgan fingerprint density at radius 3 is 2.48 bits per heavy atom. The summed E-state index contributed by atoms with van der Waals surface area (Å²) < 4.78 is 9.82. The van der Waals surface area contributed by atoms with Gasteiger partial charge in [0.25, 0.3) is 5.91 Å². The monoisotopic (exact) mass is 294 g/mol. The number of amides is 3. The Kier molecular flexibility index (Phi) is 7.34. The fraction of sp³-hybridized carbons (Fsp3) is 0.357. The molecule has 0 spiro atoms. The van der Waals surface area contributed by atoms with E-state index in [1.807, 2.05) is 18.3 Å². The van der Waals surface area contributed by atoms with Gasteiger partial charge in [0, 0.05) is 6.54 Å². The van der Waals surface area contributed by atoms with E-state index in [0.29, 0.717) is 12.3 Å². The van der Waals surface area contributed by atoms with Gasteiger partial charge in [-0.25, -0.2) is 9.59 Å². The summed E-state index contributed by atoms with van der Waals surface area (Å²) in [5.74, 6) is -0.863. The van der Waals surface area contributed by atoms with Crippen molar-refractivity contribution in [1.29, 1.82) is 0 Å². The molecular weight excluding hydrogens is 276 g/mol. The third kappa shape index (κ3) is 7.56. The van der Waals surface area contributed by atoms with Gasteiger partial charge in [-0.05, 0) is 18.6 Å². The first-order valence-electron chi connectivity index (χ1n) is 6.53. The SMILES string of the molecule is CCCNC(=O)NC(=O)COC(=O)COc1ccccc1. The first-order chi connectivity index (χ1) is 10.1. The molecule has 0 aliphatic carbocycles. The number of nitrogens with one attached hydrogen (secondary N) is 2. The summed E-state index contributed by atoms with van der Waals surface area (Å²) in [6.07, 6.45) is 0.757. The van der Waals surface area contributed by atoms with Crippen molar-refractivity contribution in [3.8, 4) is 5.75 Å². The standard InChI is InChI=1S/C14H18N2O5/c1-2-8-15-14(19)16-12(17)9-21-13(18)10-20-11-6-4-3-5-7-11/h3-7H,2,8-10H2,1H3,(H2,15,16,17,19). The third-order valence-corrected chi connectivity index (χ3v) is 2.25. The summed E-state index contributed by atoms with van der Waals surface area (Å²) in [4.78, 5) is 33.8. The maximum absolute atomic E-state index is 11.4. The third-order valence-electron chi connectivity index (χ3n) is 2.25. The molecule has 2 N–H and O–H groups in total. The van der Waals surface area contributed by atoms with Gasteiger partial charge < -0.3 is 14.8 Å². The molecule has 3 amide bonds. The molecule has 0 unspecified atom stereocenters. The second-order valence-corrected chi connectivity index (χ2v) is 4.07. The summed E-state index contributed by atoms with van der Waals surface area (Å²) >= 11 is 0. The first-order valence-corrected chi connectivity index (χ1v) is 6.53. The lowest BCUT2D eigenvalue weighted by atomic mass is 10.3. The molecule has 7 heteroatoms. The van der Waals surface area contributed by atoms with Crippen LogP contribution in [0.25, 0.3) is 0 Å². The second-order valence-electron chi connectivity index (χ2n) is 4.07. The van der Waals surface area contributed by atoms with Crippen molar-refractivity contribution in [2.45, 2.75) is 13.3 Å². The van der Waals surface area contributed by atoms with E-state index in [9.17, 15) is 14.4 Å². The van der Waals surface area contributed by atoms with Crippen LogP contribution in [0.5, 0.6) is 5.75 Å². The van der Waals surface area contributed by atoms with Crippen LogP contribution in [-0.2, 0) is 14.3 Å². The molecule has 21 heavy (non-hydrogen) atoms. The lowest BCUT2D eigenvalue weighted by molar-refractivity contribution is -0.150. The number of urea groups is 1. The number of para-hydroxylation sites is 1. The zero-order chi connectivity index (χ0) is 15.5. The van der Waals surface area contributed by atoms with E-state index in [1.54, 1.807) is 24.3 Å². The number of hydrogen-bond acceptors (Lipinski definition) is 5. The zero-order valence-corrected chi connectivity index (χ0v) is 11.8. The van der Waals surface area contributed by atoms with Gasteiger partial charge in [0.2, 0.25) is 0 Å². The van der Waals surface area contributed by atoms with E-state index >= 15 is 0 Å². The van der Waals surface area contributed by atoms with Crippen LogP contribution in [-0.4, -0.2) is 37.7 Å². The van der Waals surface area contributed by atoms with Crippen LogP contribution >= 0.6 is 0 Å². The number of esters is 1. The van der Waals surface area contributed by atoms with Crippen molar-refractivity contribution in [1.82, 2.24) is 10.6 Å². The number of carbonyl (C=O) groups is 3. The Hall–Kier alpha value is -2.57. The maximum atomic E-state index is 11.4. The van der Waals surface area contributed by atoms with Crippen LogP contribution < -0.4 is 15.4 Å². The topological polar surface area (TPSA) is 93.7 Å². The summed E-state index contributed by atoms with van der Waals surface area (Å²) in [5, 5.41) is 4.50. The van der Waals surface area contributed by atoms with Crippen molar-refractivity contribution >= 4 is 17.9 Å². The van der Waals surface area contributed by atoms with Crippen molar-refractivity contribution in [3.05, 3.63) is 30.3 Å². The normalized spacial score (nSPS) is 9.57. The van der Waals surface area contributed by atoms with Crippen molar-refractivity contribution in [2.24, 2.45) is 0 Å². The summed E-state index contributed by atoms with van der Waals surface area (Å²) in [7, 11) is 0. The molecular formula is C14H18N2O5. The number of hydrogen-bond donors (Lipinski definition) is 2. The fourth-order valence-electron chi connectivity index (χ4n) is 1.29. The molecule has 0 aliphatic rings. The van der Waals surface area contributed by atoms with Crippen LogP contribution in [0.4, 0.5) is 4.79 Å². The van der Waals surface area contributed by atoms with Gasteiger partial charge >= 0.3 is 12.0 Å². The van der Waals surface area contributed by atoms with Gasteiger partial charge in [-0.2, -0.15) is 0 Å². The van der Waals surface area contributed by atoms with E-state index in [1.165, 1.54) is 0 Å². The number of rotatable bonds is 7. The minimum atomic E-state index is -0.698. The fourth-order valence-corrected chi connectivity index (χ4v) is 1.29. The van der Waals surface area contributed by atoms with Crippen LogP contribution in [0.1, 0.15) is 13.3 Å². The smallest absolute Gasteiger partial charge is 0.344 e. The molecule has 0 fully saturated rings. The molecule has 0 atom stereocenters. The van der Waals surface area contributed by atoms with Gasteiger partial charge in [0.05, 0.1) is 0 Å². The Balaban J connectivity index is 2.17. The van der Waals surface area contributed by atoms with Crippen LogP contribution in [0.3, 0.4) is 0 Å². The lowest BCUT2D eigenvalue weighted by Gasteiger charge is -2.07. The van der Waals surface area contributed by atoms with E-state index in [-0.39, 0.29) is 6.61 Å². The molecule has 0 bridgehead atoms. The average Bonchev–Trinajstić information content (AvgIpc) is 2.50. The van der Waals surface area contributed by atoms with E-state index < -0.39 is 24.5 Å². The lowest BCUT2D eigenvalue weighted by Crippen LogP contribution is -2.41. The van der Waals surface area contributed by atoms with Gasteiger partial charge in [0.1, 0.15) is 5.75 Å². The van der Waals surface area contributed by atoms with Crippen LogP contribution in [0.15, 0.2) is 30.3 Å².